The average Bonchev–Trinajstić information content (AvgIpc) is 2.77. The minimum absolute atomic E-state index is 0.0766. The summed E-state index contributed by atoms with van der Waals surface area (Å²) in [5.74, 6) is 0.400. The minimum atomic E-state index is -0.202. The summed E-state index contributed by atoms with van der Waals surface area (Å²) >= 11 is 0. The molecule has 0 radical (unpaired) electrons. The molecule has 6 nitrogen and oxygen atoms in total. The molecule has 2 amide bonds. The lowest BCUT2D eigenvalue weighted by Gasteiger charge is -2.13. The molecule has 0 saturated heterocycles. The van der Waals surface area contributed by atoms with Gasteiger partial charge in [-0.1, -0.05) is 55.5 Å². The van der Waals surface area contributed by atoms with E-state index in [0.29, 0.717) is 30.2 Å². The number of ether oxygens (including phenoxy) is 1. The molecule has 0 atom stereocenters. The van der Waals surface area contributed by atoms with E-state index >= 15 is 0 Å². The van der Waals surface area contributed by atoms with E-state index in [1.165, 1.54) is 0 Å². The van der Waals surface area contributed by atoms with Crippen LogP contribution in [-0.4, -0.2) is 18.4 Å². The lowest BCUT2D eigenvalue weighted by molar-refractivity contribution is -0.116. The van der Waals surface area contributed by atoms with E-state index in [1.807, 2.05) is 54.6 Å². The Balaban J connectivity index is 1.55. The van der Waals surface area contributed by atoms with E-state index < -0.39 is 0 Å². The van der Waals surface area contributed by atoms with Gasteiger partial charge in [0.2, 0.25) is 11.8 Å². The molecule has 3 N–H and O–H groups in total. The van der Waals surface area contributed by atoms with E-state index in [9.17, 15) is 9.59 Å². The largest absolute Gasteiger partial charge is 0.487 e. The van der Waals surface area contributed by atoms with Crippen LogP contribution in [0.25, 0.3) is 0 Å². The summed E-state index contributed by atoms with van der Waals surface area (Å²) in [5.41, 5.74) is 3.07. The van der Waals surface area contributed by atoms with Crippen LogP contribution in [-0.2, 0) is 16.2 Å². The van der Waals surface area contributed by atoms with Crippen molar-refractivity contribution in [3.8, 4) is 5.75 Å². The Morgan fingerprint density at radius 3 is 2.20 bits per heavy atom. The van der Waals surface area contributed by atoms with E-state index in [4.69, 9.17) is 4.74 Å². The number of para-hydroxylation sites is 2. The molecule has 0 aromatic heterocycles. The first-order valence-corrected chi connectivity index (χ1v) is 9.83. The summed E-state index contributed by atoms with van der Waals surface area (Å²) in [6.07, 6.45) is 0.395. The maximum atomic E-state index is 12.4. The van der Waals surface area contributed by atoms with Gasteiger partial charge in [-0.05, 0) is 35.9 Å². The van der Waals surface area contributed by atoms with Crippen molar-refractivity contribution in [2.24, 2.45) is 0 Å². The van der Waals surface area contributed by atoms with Crippen molar-refractivity contribution in [2.45, 2.75) is 20.0 Å². The Labute approximate surface area is 176 Å². The quantitative estimate of drug-likeness (QED) is 0.485. The topological polar surface area (TPSA) is 79.5 Å². The third kappa shape index (κ3) is 6.38. The molecular formula is C24H25N3O3. The van der Waals surface area contributed by atoms with Gasteiger partial charge in [-0.2, -0.15) is 0 Å². The number of amides is 2. The highest BCUT2D eigenvalue weighted by Gasteiger charge is 2.07. The second kappa shape index (κ2) is 10.7. The first-order valence-electron chi connectivity index (χ1n) is 9.83. The summed E-state index contributed by atoms with van der Waals surface area (Å²) in [4.78, 5) is 23.9. The molecule has 0 saturated carbocycles. The predicted octanol–water partition coefficient (Wildman–Crippen LogP) is 4.66. The molecule has 3 aromatic rings. The molecule has 3 rings (SSSR count). The first kappa shape index (κ1) is 20.9. The van der Waals surface area contributed by atoms with Crippen LogP contribution >= 0.6 is 0 Å². The van der Waals surface area contributed by atoms with Gasteiger partial charge in [-0.25, -0.2) is 0 Å². The van der Waals surface area contributed by atoms with Crippen molar-refractivity contribution in [1.82, 2.24) is 0 Å². The zero-order valence-electron chi connectivity index (χ0n) is 16.9. The Morgan fingerprint density at radius 2 is 1.47 bits per heavy atom. The molecule has 0 heterocycles. The highest BCUT2D eigenvalue weighted by atomic mass is 16.5. The first-order chi connectivity index (χ1) is 14.6. The highest BCUT2D eigenvalue weighted by molar-refractivity contribution is 5.95. The van der Waals surface area contributed by atoms with Crippen LogP contribution in [0, 0.1) is 0 Å². The molecule has 0 bridgehead atoms. The standard InChI is InChI=1S/C24H25N3O3/c1-2-23(28)26-19-11-8-12-20(15-19)27-24(29)16-25-21-13-6-7-14-22(21)30-17-18-9-4-3-5-10-18/h3-15,25H,2,16-17H2,1H3,(H,26,28)(H,27,29). The summed E-state index contributed by atoms with van der Waals surface area (Å²) in [6.45, 7) is 2.31. The number of hydrogen-bond acceptors (Lipinski definition) is 4. The summed E-state index contributed by atoms with van der Waals surface area (Å²) in [5, 5.41) is 8.72. The lowest BCUT2D eigenvalue weighted by atomic mass is 10.2. The number of nitrogens with one attached hydrogen (secondary N) is 3. The van der Waals surface area contributed by atoms with Crippen molar-refractivity contribution in [3.63, 3.8) is 0 Å². The number of rotatable bonds is 9. The molecule has 0 aliphatic rings. The van der Waals surface area contributed by atoms with Crippen LogP contribution in [0.1, 0.15) is 18.9 Å². The van der Waals surface area contributed by atoms with Crippen LogP contribution in [0.15, 0.2) is 78.9 Å². The van der Waals surface area contributed by atoms with Gasteiger partial charge in [0.05, 0.1) is 12.2 Å². The van der Waals surface area contributed by atoms with Crippen LogP contribution in [0.2, 0.25) is 0 Å². The second-order valence-corrected chi connectivity index (χ2v) is 6.65. The van der Waals surface area contributed by atoms with E-state index in [0.717, 1.165) is 11.3 Å². The van der Waals surface area contributed by atoms with Crippen molar-refractivity contribution in [2.75, 3.05) is 22.5 Å². The molecule has 154 valence electrons. The molecule has 0 unspecified atom stereocenters. The van der Waals surface area contributed by atoms with Crippen LogP contribution in [0.5, 0.6) is 5.75 Å². The normalized spacial score (nSPS) is 10.2. The number of carbonyl (C=O) groups is 2. The molecule has 0 aliphatic carbocycles. The molecule has 6 heteroatoms. The fourth-order valence-electron chi connectivity index (χ4n) is 2.78. The fraction of sp³-hybridized carbons (Fsp3) is 0.167. The smallest absolute Gasteiger partial charge is 0.243 e. The van der Waals surface area contributed by atoms with E-state index in [2.05, 4.69) is 16.0 Å². The Kier molecular flexibility index (Phi) is 7.44. The van der Waals surface area contributed by atoms with Gasteiger partial charge in [-0.15, -0.1) is 0 Å². The molecule has 3 aromatic carbocycles. The van der Waals surface area contributed by atoms with Gasteiger partial charge in [-0.3, -0.25) is 9.59 Å². The Hall–Kier alpha value is -3.80. The van der Waals surface area contributed by atoms with E-state index in [-0.39, 0.29) is 18.4 Å². The fourth-order valence-corrected chi connectivity index (χ4v) is 2.78. The SMILES string of the molecule is CCC(=O)Nc1cccc(NC(=O)CNc2ccccc2OCc2ccccc2)c1. The van der Waals surface area contributed by atoms with Gasteiger partial charge >= 0.3 is 0 Å². The van der Waals surface area contributed by atoms with Gasteiger partial charge < -0.3 is 20.7 Å². The summed E-state index contributed by atoms with van der Waals surface area (Å²) < 4.78 is 5.90. The second-order valence-electron chi connectivity index (χ2n) is 6.65. The zero-order chi connectivity index (χ0) is 21.2. The molecule has 30 heavy (non-hydrogen) atoms. The summed E-state index contributed by atoms with van der Waals surface area (Å²) in [7, 11) is 0. The third-order valence-electron chi connectivity index (χ3n) is 4.31. The molecule has 0 fully saturated rings. The average molecular weight is 403 g/mol. The highest BCUT2D eigenvalue weighted by Crippen LogP contribution is 2.24. The van der Waals surface area contributed by atoms with Crippen molar-refractivity contribution in [1.29, 1.82) is 0 Å². The van der Waals surface area contributed by atoms with Crippen LogP contribution < -0.4 is 20.7 Å². The van der Waals surface area contributed by atoms with Gasteiger partial charge in [0, 0.05) is 17.8 Å². The van der Waals surface area contributed by atoms with Crippen LogP contribution in [0.3, 0.4) is 0 Å². The Morgan fingerprint density at radius 1 is 0.800 bits per heavy atom. The zero-order valence-corrected chi connectivity index (χ0v) is 16.9. The van der Waals surface area contributed by atoms with Gasteiger partial charge in [0.25, 0.3) is 0 Å². The van der Waals surface area contributed by atoms with Crippen molar-refractivity contribution in [3.05, 3.63) is 84.4 Å². The van der Waals surface area contributed by atoms with Crippen molar-refractivity contribution >= 4 is 28.9 Å². The number of carbonyl (C=O) groups excluding carboxylic acids is 2. The lowest BCUT2D eigenvalue weighted by Crippen LogP contribution is -2.22. The molecule has 0 aliphatic heterocycles. The number of hydrogen-bond donors (Lipinski definition) is 3. The monoisotopic (exact) mass is 403 g/mol. The van der Waals surface area contributed by atoms with E-state index in [1.54, 1.807) is 31.2 Å². The number of benzene rings is 3. The summed E-state index contributed by atoms with van der Waals surface area (Å²) in [6, 6.07) is 24.5. The minimum Gasteiger partial charge on any atom is -0.487 e. The van der Waals surface area contributed by atoms with Crippen LogP contribution in [0.4, 0.5) is 17.1 Å². The molecular weight excluding hydrogens is 378 g/mol. The maximum Gasteiger partial charge on any atom is 0.243 e. The number of anilines is 3. The van der Waals surface area contributed by atoms with Gasteiger partial charge in [0.15, 0.2) is 0 Å². The van der Waals surface area contributed by atoms with Crippen molar-refractivity contribution < 1.29 is 14.3 Å². The predicted molar refractivity (Wildman–Crippen MR) is 120 cm³/mol. The molecule has 0 spiro atoms. The Bertz CT molecular complexity index is 990. The maximum absolute atomic E-state index is 12.4. The van der Waals surface area contributed by atoms with Gasteiger partial charge in [0.1, 0.15) is 12.4 Å². The third-order valence-corrected chi connectivity index (χ3v) is 4.31.